The molecule has 2 aliphatic rings. The Morgan fingerprint density at radius 1 is 1.00 bits per heavy atom. The van der Waals surface area contributed by atoms with Crippen LogP contribution in [0.25, 0.3) is 11.6 Å². The van der Waals surface area contributed by atoms with Crippen molar-refractivity contribution in [3.8, 4) is 6.07 Å². The lowest BCUT2D eigenvalue weighted by atomic mass is 9.95. The van der Waals surface area contributed by atoms with Gasteiger partial charge in [0.25, 0.3) is 0 Å². The van der Waals surface area contributed by atoms with Crippen molar-refractivity contribution in [2.75, 3.05) is 31.5 Å². The highest BCUT2D eigenvalue weighted by Gasteiger charge is 2.33. The van der Waals surface area contributed by atoms with E-state index in [1.165, 1.54) is 16.7 Å². The lowest BCUT2D eigenvalue weighted by Gasteiger charge is -2.39. The van der Waals surface area contributed by atoms with Crippen LogP contribution in [0.15, 0.2) is 79.3 Å². The second kappa shape index (κ2) is 11.2. The molecule has 40 heavy (non-hydrogen) atoms. The van der Waals surface area contributed by atoms with Crippen LogP contribution < -0.4 is 5.32 Å². The number of fused-ring (bicyclic) bond motifs is 2. The number of pyridine rings is 1. The first-order chi connectivity index (χ1) is 19.6. The predicted molar refractivity (Wildman–Crippen MR) is 155 cm³/mol. The van der Waals surface area contributed by atoms with Gasteiger partial charge in [-0.25, -0.2) is 9.78 Å². The minimum absolute atomic E-state index is 0.0154. The van der Waals surface area contributed by atoms with Crippen molar-refractivity contribution in [2.24, 2.45) is 0 Å². The Bertz CT molecular complexity index is 1590. The van der Waals surface area contributed by atoms with E-state index in [9.17, 15) is 4.79 Å². The summed E-state index contributed by atoms with van der Waals surface area (Å²) in [6.07, 6.45) is 8.98. The Morgan fingerprint density at radius 3 is 2.58 bits per heavy atom. The van der Waals surface area contributed by atoms with Gasteiger partial charge < -0.3 is 14.8 Å². The lowest BCUT2D eigenvalue weighted by molar-refractivity contribution is 0.125. The number of allylic oxidation sites excluding steroid dienone is 1. The number of nitrogens with one attached hydrogen (secondary N) is 1. The summed E-state index contributed by atoms with van der Waals surface area (Å²) in [5.41, 5.74) is 7.09. The standard InChI is InChI=1S/C32H31N7O/c1-2-29-34-14-15-39(29)22-25-20-24-6-3-4-7-28(24)31(30-27(25)8-5-13-35-30)37-16-18-38(19-17-37)32(40)36-26-11-9-23(21-33)10-12-26/h3-15,20,31H,2,16-19,22H2,1H3,(H,36,40). The molecule has 8 heteroatoms. The number of benzene rings is 2. The average Bonchev–Trinajstić information content (AvgIpc) is 3.40. The Hall–Kier alpha value is -4.74. The third-order valence-corrected chi connectivity index (χ3v) is 7.75. The molecule has 2 aromatic heterocycles. The largest absolute Gasteiger partial charge is 0.331 e. The van der Waals surface area contributed by atoms with Crippen LogP contribution in [0.3, 0.4) is 0 Å². The van der Waals surface area contributed by atoms with Crippen molar-refractivity contribution in [1.29, 1.82) is 5.26 Å². The van der Waals surface area contributed by atoms with E-state index in [4.69, 9.17) is 10.2 Å². The molecule has 2 amide bonds. The SMILES string of the molecule is CCc1nccn1CC1=Cc2ccccc2C(N2CCN(C(=O)Nc3ccc(C#N)cc3)CC2)c2ncccc21. The van der Waals surface area contributed by atoms with Crippen LogP contribution in [0.2, 0.25) is 0 Å². The number of imidazole rings is 1. The summed E-state index contributed by atoms with van der Waals surface area (Å²) in [6, 6.07) is 21.7. The normalized spacial score (nSPS) is 16.8. The molecular weight excluding hydrogens is 498 g/mol. The number of hydrogen-bond acceptors (Lipinski definition) is 5. The van der Waals surface area contributed by atoms with Crippen LogP contribution in [0.5, 0.6) is 0 Å². The number of urea groups is 1. The number of rotatable bonds is 5. The number of nitriles is 1. The molecule has 8 nitrogen and oxygen atoms in total. The number of amides is 2. The fraction of sp³-hybridized carbons (Fsp3) is 0.250. The fourth-order valence-corrected chi connectivity index (χ4v) is 5.71. The number of anilines is 1. The maximum Gasteiger partial charge on any atom is 0.321 e. The van der Waals surface area contributed by atoms with Crippen LogP contribution in [0, 0.1) is 11.3 Å². The first-order valence-electron chi connectivity index (χ1n) is 13.7. The first-order valence-corrected chi connectivity index (χ1v) is 13.7. The van der Waals surface area contributed by atoms with Gasteiger partial charge in [-0.3, -0.25) is 9.88 Å². The molecular formula is C32H31N7O. The van der Waals surface area contributed by atoms with Gasteiger partial charge in [0.1, 0.15) is 5.82 Å². The number of hydrogen-bond donors (Lipinski definition) is 1. The maximum atomic E-state index is 13.0. The Balaban J connectivity index is 1.25. The molecule has 1 aliphatic carbocycles. The second-order valence-electron chi connectivity index (χ2n) is 10.1. The van der Waals surface area contributed by atoms with Gasteiger partial charge in [0.2, 0.25) is 0 Å². The van der Waals surface area contributed by atoms with Crippen LogP contribution in [0.4, 0.5) is 10.5 Å². The smallest absolute Gasteiger partial charge is 0.321 e. The Morgan fingerprint density at radius 2 is 1.80 bits per heavy atom. The molecule has 200 valence electrons. The third kappa shape index (κ3) is 4.99. The lowest BCUT2D eigenvalue weighted by Crippen LogP contribution is -2.51. The van der Waals surface area contributed by atoms with E-state index in [1.54, 1.807) is 24.3 Å². The zero-order valence-corrected chi connectivity index (χ0v) is 22.5. The molecule has 6 rings (SSSR count). The van der Waals surface area contributed by atoms with E-state index in [2.05, 4.69) is 69.2 Å². The Kier molecular flexibility index (Phi) is 7.13. The van der Waals surface area contributed by atoms with Gasteiger partial charge in [0, 0.05) is 69.0 Å². The molecule has 0 spiro atoms. The number of piperazine rings is 1. The summed E-state index contributed by atoms with van der Waals surface area (Å²) in [5, 5.41) is 12.0. The summed E-state index contributed by atoms with van der Waals surface area (Å²) in [5.74, 6) is 1.07. The van der Waals surface area contributed by atoms with Crippen molar-refractivity contribution in [3.05, 3.63) is 113 Å². The van der Waals surface area contributed by atoms with Crippen molar-refractivity contribution < 1.29 is 4.79 Å². The highest BCUT2D eigenvalue weighted by Crippen LogP contribution is 2.39. The number of carbonyl (C=O) groups is 1. The van der Waals surface area contributed by atoms with Crippen LogP contribution in [0.1, 0.15) is 46.7 Å². The van der Waals surface area contributed by atoms with Gasteiger partial charge in [0.15, 0.2) is 0 Å². The van der Waals surface area contributed by atoms with Crippen LogP contribution in [-0.2, 0) is 13.0 Å². The maximum absolute atomic E-state index is 13.0. The van der Waals surface area contributed by atoms with E-state index < -0.39 is 0 Å². The average molecular weight is 530 g/mol. The second-order valence-corrected chi connectivity index (χ2v) is 10.1. The summed E-state index contributed by atoms with van der Waals surface area (Å²) in [6.45, 7) is 5.53. The van der Waals surface area contributed by atoms with Crippen molar-refractivity contribution in [3.63, 3.8) is 0 Å². The highest BCUT2D eigenvalue weighted by atomic mass is 16.2. The number of carbonyl (C=O) groups excluding carboxylic acids is 1. The van der Waals surface area contributed by atoms with E-state index in [0.717, 1.165) is 43.1 Å². The van der Waals surface area contributed by atoms with E-state index >= 15 is 0 Å². The molecule has 1 saturated heterocycles. The minimum Gasteiger partial charge on any atom is -0.331 e. The fourth-order valence-electron chi connectivity index (χ4n) is 5.71. The molecule has 1 aliphatic heterocycles. The number of aryl methyl sites for hydroxylation is 1. The first kappa shape index (κ1) is 25.5. The zero-order chi connectivity index (χ0) is 27.5. The van der Waals surface area contributed by atoms with Crippen molar-refractivity contribution in [2.45, 2.75) is 25.9 Å². The molecule has 0 radical (unpaired) electrons. The summed E-state index contributed by atoms with van der Waals surface area (Å²) in [4.78, 5) is 26.8. The zero-order valence-electron chi connectivity index (χ0n) is 22.5. The van der Waals surface area contributed by atoms with Crippen LogP contribution >= 0.6 is 0 Å². The van der Waals surface area contributed by atoms with Crippen LogP contribution in [-0.4, -0.2) is 56.5 Å². The van der Waals surface area contributed by atoms with Crippen molar-refractivity contribution >= 4 is 23.4 Å². The Labute approximate surface area is 234 Å². The van der Waals surface area contributed by atoms with Crippen molar-refractivity contribution in [1.82, 2.24) is 24.3 Å². The van der Waals surface area contributed by atoms with Gasteiger partial charge in [-0.15, -0.1) is 0 Å². The van der Waals surface area contributed by atoms with E-state index in [0.29, 0.717) is 24.3 Å². The van der Waals surface area contributed by atoms with E-state index in [-0.39, 0.29) is 12.1 Å². The third-order valence-electron chi connectivity index (χ3n) is 7.75. The predicted octanol–water partition coefficient (Wildman–Crippen LogP) is 5.21. The molecule has 2 aromatic carbocycles. The molecule has 1 N–H and O–H groups in total. The van der Waals surface area contributed by atoms with Gasteiger partial charge in [-0.2, -0.15) is 5.26 Å². The quantitative estimate of drug-likeness (QED) is 0.384. The molecule has 1 fully saturated rings. The van der Waals surface area contributed by atoms with Gasteiger partial charge >= 0.3 is 6.03 Å². The number of nitrogens with zero attached hydrogens (tertiary/aromatic N) is 6. The summed E-state index contributed by atoms with van der Waals surface area (Å²) < 4.78 is 2.22. The molecule has 3 heterocycles. The van der Waals surface area contributed by atoms with Gasteiger partial charge in [0.05, 0.1) is 23.4 Å². The molecule has 4 aromatic rings. The van der Waals surface area contributed by atoms with E-state index in [1.807, 2.05) is 29.6 Å². The van der Waals surface area contributed by atoms with Gasteiger partial charge in [-0.05, 0) is 53.1 Å². The molecule has 0 saturated carbocycles. The van der Waals surface area contributed by atoms with Gasteiger partial charge in [-0.1, -0.05) is 37.3 Å². The molecule has 0 bridgehead atoms. The molecule has 1 atom stereocenters. The summed E-state index contributed by atoms with van der Waals surface area (Å²) in [7, 11) is 0. The highest BCUT2D eigenvalue weighted by molar-refractivity contribution is 5.89. The molecule has 1 unspecified atom stereocenters. The number of aromatic nitrogens is 3. The monoisotopic (exact) mass is 529 g/mol. The minimum atomic E-state index is -0.125. The topological polar surface area (TPSA) is 90.1 Å². The summed E-state index contributed by atoms with van der Waals surface area (Å²) >= 11 is 0.